The van der Waals surface area contributed by atoms with Crippen molar-refractivity contribution in [3.63, 3.8) is 0 Å². The summed E-state index contributed by atoms with van der Waals surface area (Å²) in [6.45, 7) is 6.15. The Bertz CT molecular complexity index is 743. The second-order valence-electron chi connectivity index (χ2n) is 4.63. The fourth-order valence-corrected chi connectivity index (χ4v) is 3.70. The van der Waals surface area contributed by atoms with Gasteiger partial charge in [0.1, 0.15) is 0 Å². The number of benzene rings is 1. The van der Waals surface area contributed by atoms with Crippen molar-refractivity contribution >= 4 is 33.5 Å². The highest BCUT2D eigenvalue weighted by Crippen LogP contribution is 2.33. The number of aryl methyl sites for hydroxylation is 3. The molecule has 0 spiro atoms. The first-order valence-corrected chi connectivity index (χ1v) is 8.05. The Morgan fingerprint density at radius 3 is 2.55 bits per heavy atom. The van der Waals surface area contributed by atoms with Crippen LogP contribution in [0.4, 0.5) is 10.8 Å². The summed E-state index contributed by atoms with van der Waals surface area (Å²) in [6, 6.07) is 8.23. The van der Waals surface area contributed by atoms with E-state index in [9.17, 15) is 0 Å². The molecule has 0 radical (unpaired) electrons. The standard InChI is InChI=1S/C15H15N3S2/c1-9-6-4-5-7-12(9)17-15-18-13(8-19-15)14-10(2)16-11(3)20-14/h4-8H,1-3H3,(H,17,18). The molecule has 3 aromatic rings. The number of hydrogen-bond donors (Lipinski definition) is 1. The fourth-order valence-electron chi connectivity index (χ4n) is 2.03. The van der Waals surface area contributed by atoms with Crippen molar-refractivity contribution in [1.82, 2.24) is 9.97 Å². The van der Waals surface area contributed by atoms with Crippen molar-refractivity contribution in [3.05, 3.63) is 45.9 Å². The Labute approximate surface area is 126 Å². The largest absolute Gasteiger partial charge is 0.331 e. The smallest absolute Gasteiger partial charge is 0.187 e. The predicted octanol–water partition coefficient (Wildman–Crippen LogP) is 4.94. The quantitative estimate of drug-likeness (QED) is 0.745. The maximum Gasteiger partial charge on any atom is 0.187 e. The number of nitrogens with zero attached hydrogens (tertiary/aromatic N) is 2. The van der Waals surface area contributed by atoms with Crippen LogP contribution in [0.1, 0.15) is 16.3 Å². The van der Waals surface area contributed by atoms with Crippen molar-refractivity contribution in [1.29, 1.82) is 0 Å². The zero-order chi connectivity index (χ0) is 14.1. The molecule has 2 aromatic heterocycles. The summed E-state index contributed by atoms with van der Waals surface area (Å²) in [5, 5.41) is 7.46. The third-order valence-electron chi connectivity index (χ3n) is 3.03. The number of anilines is 2. The SMILES string of the molecule is Cc1nc(C)c(-c2csc(Nc3ccccc3C)n2)s1. The molecule has 0 bridgehead atoms. The maximum absolute atomic E-state index is 4.67. The lowest BCUT2D eigenvalue weighted by atomic mass is 10.2. The van der Waals surface area contributed by atoms with Crippen molar-refractivity contribution in [2.75, 3.05) is 5.32 Å². The number of para-hydroxylation sites is 1. The van der Waals surface area contributed by atoms with Crippen LogP contribution in [0.2, 0.25) is 0 Å². The van der Waals surface area contributed by atoms with Crippen molar-refractivity contribution < 1.29 is 0 Å². The summed E-state index contributed by atoms with van der Waals surface area (Å²) in [5.41, 5.74) is 4.38. The lowest BCUT2D eigenvalue weighted by molar-refractivity contribution is 1.20. The van der Waals surface area contributed by atoms with Crippen molar-refractivity contribution in [2.24, 2.45) is 0 Å². The monoisotopic (exact) mass is 301 g/mol. The molecule has 0 atom stereocenters. The van der Waals surface area contributed by atoms with E-state index in [0.29, 0.717) is 0 Å². The van der Waals surface area contributed by atoms with Crippen molar-refractivity contribution in [2.45, 2.75) is 20.8 Å². The van der Waals surface area contributed by atoms with Gasteiger partial charge in [-0.25, -0.2) is 9.97 Å². The first-order chi connectivity index (χ1) is 9.63. The predicted molar refractivity (Wildman–Crippen MR) is 87.2 cm³/mol. The molecule has 0 aliphatic carbocycles. The first kappa shape index (κ1) is 13.3. The fraction of sp³-hybridized carbons (Fsp3) is 0.200. The van der Waals surface area contributed by atoms with Gasteiger partial charge in [0.25, 0.3) is 0 Å². The highest BCUT2D eigenvalue weighted by Gasteiger charge is 2.11. The number of aromatic nitrogens is 2. The van der Waals surface area contributed by atoms with E-state index < -0.39 is 0 Å². The average molecular weight is 301 g/mol. The summed E-state index contributed by atoms with van der Waals surface area (Å²) >= 11 is 3.32. The van der Waals surface area contributed by atoms with Gasteiger partial charge < -0.3 is 5.32 Å². The van der Waals surface area contributed by atoms with Gasteiger partial charge in [0.15, 0.2) is 5.13 Å². The highest BCUT2D eigenvalue weighted by atomic mass is 32.1. The molecule has 3 rings (SSSR count). The van der Waals surface area contributed by atoms with E-state index in [-0.39, 0.29) is 0 Å². The third-order valence-corrected chi connectivity index (χ3v) is 4.88. The topological polar surface area (TPSA) is 37.8 Å². The Hall–Kier alpha value is -1.72. The zero-order valence-corrected chi connectivity index (χ0v) is 13.2. The number of thiazole rings is 2. The van der Waals surface area contributed by atoms with Gasteiger partial charge in [0.05, 0.1) is 21.3 Å². The highest BCUT2D eigenvalue weighted by molar-refractivity contribution is 7.16. The van der Waals surface area contributed by atoms with E-state index in [2.05, 4.69) is 39.7 Å². The van der Waals surface area contributed by atoms with Crippen LogP contribution in [0.15, 0.2) is 29.6 Å². The van der Waals surface area contributed by atoms with Gasteiger partial charge in [0.2, 0.25) is 0 Å². The first-order valence-electron chi connectivity index (χ1n) is 6.36. The zero-order valence-electron chi connectivity index (χ0n) is 11.6. The summed E-state index contributed by atoms with van der Waals surface area (Å²) < 4.78 is 0. The van der Waals surface area contributed by atoms with Gasteiger partial charge in [-0.3, -0.25) is 0 Å². The van der Waals surface area contributed by atoms with Crippen LogP contribution in [-0.2, 0) is 0 Å². The molecule has 0 saturated carbocycles. The van der Waals surface area contributed by atoms with Crippen LogP contribution in [0.3, 0.4) is 0 Å². The second kappa shape index (κ2) is 5.34. The molecule has 0 aliphatic rings. The molecule has 1 aromatic carbocycles. The molecule has 102 valence electrons. The Morgan fingerprint density at radius 2 is 1.85 bits per heavy atom. The molecule has 5 heteroatoms. The Kier molecular flexibility index (Phi) is 3.54. The van der Waals surface area contributed by atoms with Crippen LogP contribution in [0.25, 0.3) is 10.6 Å². The summed E-state index contributed by atoms with van der Waals surface area (Å²) in [4.78, 5) is 10.3. The number of hydrogen-bond acceptors (Lipinski definition) is 5. The number of rotatable bonds is 3. The Morgan fingerprint density at radius 1 is 1.05 bits per heavy atom. The molecule has 3 nitrogen and oxygen atoms in total. The lowest BCUT2D eigenvalue weighted by Gasteiger charge is -2.05. The number of nitrogens with one attached hydrogen (secondary N) is 1. The third kappa shape index (κ3) is 2.59. The minimum atomic E-state index is 0.916. The van der Waals surface area contributed by atoms with E-state index in [1.807, 2.05) is 26.0 Å². The van der Waals surface area contributed by atoms with Gasteiger partial charge in [-0.1, -0.05) is 18.2 Å². The van der Waals surface area contributed by atoms with Crippen LogP contribution in [-0.4, -0.2) is 9.97 Å². The molecular weight excluding hydrogens is 286 g/mol. The van der Waals surface area contributed by atoms with Crippen LogP contribution in [0, 0.1) is 20.8 Å². The minimum absolute atomic E-state index is 0.916. The molecule has 1 N–H and O–H groups in total. The van der Waals surface area contributed by atoms with Crippen LogP contribution >= 0.6 is 22.7 Å². The van der Waals surface area contributed by atoms with Crippen LogP contribution in [0.5, 0.6) is 0 Å². The van der Waals surface area contributed by atoms with Gasteiger partial charge in [-0.2, -0.15) is 0 Å². The normalized spacial score (nSPS) is 10.8. The van der Waals surface area contributed by atoms with Gasteiger partial charge >= 0.3 is 0 Å². The molecule has 0 unspecified atom stereocenters. The van der Waals surface area contributed by atoms with Gasteiger partial charge in [-0.15, -0.1) is 22.7 Å². The van der Waals surface area contributed by atoms with Gasteiger partial charge in [0, 0.05) is 11.1 Å². The maximum atomic E-state index is 4.67. The van der Waals surface area contributed by atoms with Gasteiger partial charge in [-0.05, 0) is 32.4 Å². The summed E-state index contributed by atoms with van der Waals surface area (Å²) in [5.74, 6) is 0. The van der Waals surface area contributed by atoms with Crippen molar-refractivity contribution in [3.8, 4) is 10.6 Å². The van der Waals surface area contributed by atoms with E-state index >= 15 is 0 Å². The molecular formula is C15H15N3S2. The van der Waals surface area contributed by atoms with E-state index in [1.54, 1.807) is 22.7 Å². The Balaban J connectivity index is 1.88. The second-order valence-corrected chi connectivity index (χ2v) is 6.69. The lowest BCUT2D eigenvalue weighted by Crippen LogP contribution is -1.91. The molecule has 0 saturated heterocycles. The minimum Gasteiger partial charge on any atom is -0.331 e. The summed E-state index contributed by atoms with van der Waals surface area (Å²) in [6.07, 6.45) is 0. The summed E-state index contributed by atoms with van der Waals surface area (Å²) in [7, 11) is 0. The molecule has 0 amide bonds. The molecule has 20 heavy (non-hydrogen) atoms. The molecule has 0 aliphatic heterocycles. The molecule has 0 fully saturated rings. The van der Waals surface area contributed by atoms with Crippen LogP contribution < -0.4 is 5.32 Å². The van der Waals surface area contributed by atoms with E-state index in [0.717, 1.165) is 32.1 Å². The van der Waals surface area contributed by atoms with E-state index in [4.69, 9.17) is 0 Å². The average Bonchev–Trinajstić information content (AvgIpc) is 2.99. The van der Waals surface area contributed by atoms with E-state index in [1.165, 1.54) is 5.56 Å². The molecule has 2 heterocycles.